The van der Waals surface area contributed by atoms with Crippen LogP contribution in [0.4, 0.5) is 5.69 Å². The number of nitro benzene ring substituents is 1. The summed E-state index contributed by atoms with van der Waals surface area (Å²) in [4.78, 5) is 33.6. The molecule has 0 unspecified atom stereocenters. The summed E-state index contributed by atoms with van der Waals surface area (Å²) in [7, 11) is -4.30. The zero-order valence-corrected chi connectivity index (χ0v) is 17.4. The molecule has 2 aromatic carbocycles. The third kappa shape index (κ3) is 6.55. The summed E-state index contributed by atoms with van der Waals surface area (Å²) in [6, 6.07) is 9.64. The second kappa shape index (κ2) is 8.91. The Morgan fingerprint density at radius 1 is 1.10 bits per heavy atom. The van der Waals surface area contributed by atoms with Crippen molar-refractivity contribution in [2.24, 2.45) is 0 Å². The number of benzene rings is 2. The van der Waals surface area contributed by atoms with E-state index in [2.05, 4.69) is 10.6 Å². The molecule has 0 fully saturated rings. The molecule has 11 heteroatoms. The van der Waals surface area contributed by atoms with E-state index in [1.54, 1.807) is 0 Å². The normalized spacial score (nSPS) is 11.4. The predicted octanol–water partition coefficient (Wildman–Crippen LogP) is 2.01. The summed E-state index contributed by atoms with van der Waals surface area (Å²) in [6.07, 6.45) is 0. The van der Waals surface area contributed by atoms with Crippen molar-refractivity contribution in [2.75, 3.05) is 6.54 Å². The lowest BCUT2D eigenvalue weighted by molar-refractivity contribution is -0.385. The lowest BCUT2D eigenvalue weighted by atomic mass is 10.1. The van der Waals surface area contributed by atoms with Crippen LogP contribution in [-0.4, -0.2) is 37.2 Å². The van der Waals surface area contributed by atoms with Gasteiger partial charge in [-0.05, 0) is 51.1 Å². The van der Waals surface area contributed by atoms with Crippen LogP contribution >= 0.6 is 0 Å². The fourth-order valence-corrected chi connectivity index (χ4v) is 3.29. The summed E-state index contributed by atoms with van der Waals surface area (Å²) in [5.74, 6) is -0.950. The van der Waals surface area contributed by atoms with Crippen molar-refractivity contribution in [3.05, 3.63) is 64.2 Å². The van der Waals surface area contributed by atoms with Crippen LogP contribution in [0.15, 0.2) is 53.4 Å². The molecule has 0 bridgehead atoms. The Labute approximate surface area is 173 Å². The minimum absolute atomic E-state index is 0.0801. The van der Waals surface area contributed by atoms with E-state index in [1.165, 1.54) is 36.4 Å². The highest BCUT2D eigenvalue weighted by Gasteiger charge is 2.20. The Bertz CT molecular complexity index is 1060. The van der Waals surface area contributed by atoms with Crippen LogP contribution < -0.4 is 14.8 Å². The first-order chi connectivity index (χ1) is 13.9. The highest BCUT2D eigenvalue weighted by atomic mass is 32.2. The van der Waals surface area contributed by atoms with Crippen molar-refractivity contribution in [1.29, 1.82) is 0 Å². The number of nitro groups is 1. The molecule has 30 heavy (non-hydrogen) atoms. The highest BCUT2D eigenvalue weighted by Crippen LogP contribution is 2.22. The first-order valence-corrected chi connectivity index (χ1v) is 10.2. The molecular weight excluding hydrogens is 414 g/mol. The van der Waals surface area contributed by atoms with Gasteiger partial charge in [0, 0.05) is 23.2 Å². The van der Waals surface area contributed by atoms with E-state index in [9.17, 15) is 28.1 Å². The van der Waals surface area contributed by atoms with Crippen LogP contribution in [0.3, 0.4) is 0 Å². The maximum absolute atomic E-state index is 12.3. The molecular formula is C19H21N3O7S. The van der Waals surface area contributed by atoms with Gasteiger partial charge in [0.25, 0.3) is 11.6 Å². The number of nitrogens with one attached hydrogen (secondary N) is 2. The van der Waals surface area contributed by atoms with Crippen molar-refractivity contribution >= 4 is 27.6 Å². The van der Waals surface area contributed by atoms with Crippen LogP contribution in [0.5, 0.6) is 5.75 Å². The SMILES string of the molecule is CC(C)(C)NC(=O)CNC(=O)c1ccc(OS(=O)(=O)c2cccc([N+](=O)[O-])c2)cc1. The molecule has 160 valence electrons. The van der Waals surface area contributed by atoms with Gasteiger partial charge in [0.15, 0.2) is 0 Å². The minimum atomic E-state index is -4.30. The Balaban J connectivity index is 2.03. The zero-order chi connectivity index (χ0) is 22.5. The van der Waals surface area contributed by atoms with Crippen molar-refractivity contribution in [2.45, 2.75) is 31.2 Å². The second-order valence-electron chi connectivity index (χ2n) is 7.30. The molecule has 0 saturated carbocycles. The van der Waals surface area contributed by atoms with Gasteiger partial charge >= 0.3 is 10.1 Å². The quantitative estimate of drug-likeness (QED) is 0.384. The lowest BCUT2D eigenvalue weighted by Crippen LogP contribution is -2.45. The van der Waals surface area contributed by atoms with Crippen LogP contribution in [0.25, 0.3) is 0 Å². The van der Waals surface area contributed by atoms with Gasteiger partial charge in [0.1, 0.15) is 10.6 Å². The molecule has 0 aliphatic heterocycles. The largest absolute Gasteiger partial charge is 0.379 e. The molecule has 0 radical (unpaired) electrons. The third-order valence-corrected chi connectivity index (χ3v) is 4.81. The Morgan fingerprint density at radius 2 is 1.73 bits per heavy atom. The molecule has 2 aromatic rings. The topological polar surface area (TPSA) is 145 Å². The minimum Gasteiger partial charge on any atom is -0.379 e. The third-order valence-electron chi connectivity index (χ3n) is 3.56. The summed E-state index contributed by atoms with van der Waals surface area (Å²) >= 11 is 0. The number of hydrogen-bond acceptors (Lipinski definition) is 7. The van der Waals surface area contributed by atoms with Gasteiger partial charge in [-0.25, -0.2) is 0 Å². The number of rotatable bonds is 7. The summed E-state index contributed by atoms with van der Waals surface area (Å²) in [5.41, 5.74) is -0.619. The van der Waals surface area contributed by atoms with Gasteiger partial charge in [-0.2, -0.15) is 8.42 Å². The molecule has 0 aromatic heterocycles. The van der Waals surface area contributed by atoms with Crippen molar-refractivity contribution in [3.63, 3.8) is 0 Å². The number of amides is 2. The molecule has 2 rings (SSSR count). The molecule has 0 spiro atoms. The number of carbonyl (C=O) groups excluding carboxylic acids is 2. The van der Waals surface area contributed by atoms with Gasteiger partial charge in [0.05, 0.1) is 11.5 Å². The number of nitrogens with zero attached hydrogens (tertiary/aromatic N) is 1. The molecule has 2 N–H and O–H groups in total. The van der Waals surface area contributed by atoms with E-state index in [-0.39, 0.29) is 34.3 Å². The number of hydrogen-bond donors (Lipinski definition) is 2. The van der Waals surface area contributed by atoms with Gasteiger partial charge in [-0.15, -0.1) is 0 Å². The van der Waals surface area contributed by atoms with E-state index in [1.807, 2.05) is 20.8 Å². The van der Waals surface area contributed by atoms with Crippen LogP contribution in [0.1, 0.15) is 31.1 Å². The van der Waals surface area contributed by atoms with Gasteiger partial charge in [0.2, 0.25) is 5.91 Å². The molecule has 0 atom stereocenters. The number of non-ortho nitro benzene ring substituents is 1. The Hall–Kier alpha value is -3.47. The monoisotopic (exact) mass is 435 g/mol. The average molecular weight is 435 g/mol. The molecule has 2 amide bonds. The average Bonchev–Trinajstić information content (AvgIpc) is 2.65. The smallest absolute Gasteiger partial charge is 0.339 e. The van der Waals surface area contributed by atoms with Gasteiger partial charge in [-0.3, -0.25) is 19.7 Å². The molecule has 0 aliphatic rings. The lowest BCUT2D eigenvalue weighted by Gasteiger charge is -2.20. The molecule has 10 nitrogen and oxygen atoms in total. The predicted molar refractivity (Wildman–Crippen MR) is 108 cm³/mol. The van der Waals surface area contributed by atoms with Gasteiger partial charge in [-0.1, -0.05) is 6.07 Å². The molecule has 0 heterocycles. The Morgan fingerprint density at radius 3 is 2.30 bits per heavy atom. The van der Waals surface area contributed by atoms with Crippen molar-refractivity contribution in [3.8, 4) is 5.75 Å². The first kappa shape index (κ1) is 22.8. The fraction of sp³-hybridized carbons (Fsp3) is 0.263. The van der Waals surface area contributed by atoms with E-state index in [0.29, 0.717) is 0 Å². The zero-order valence-electron chi connectivity index (χ0n) is 16.5. The Kier molecular flexibility index (Phi) is 6.77. The number of carbonyl (C=O) groups is 2. The summed E-state index contributed by atoms with van der Waals surface area (Å²) in [5, 5.41) is 16.0. The van der Waals surface area contributed by atoms with E-state index < -0.39 is 26.5 Å². The molecule has 0 saturated heterocycles. The van der Waals surface area contributed by atoms with Gasteiger partial charge < -0.3 is 14.8 Å². The van der Waals surface area contributed by atoms with Crippen LogP contribution in [-0.2, 0) is 14.9 Å². The van der Waals surface area contributed by atoms with Crippen LogP contribution in [0.2, 0.25) is 0 Å². The summed E-state index contributed by atoms with van der Waals surface area (Å²) < 4.78 is 29.6. The van der Waals surface area contributed by atoms with E-state index in [0.717, 1.165) is 12.1 Å². The van der Waals surface area contributed by atoms with Crippen LogP contribution in [0, 0.1) is 10.1 Å². The second-order valence-corrected chi connectivity index (χ2v) is 8.84. The maximum Gasteiger partial charge on any atom is 0.339 e. The highest BCUT2D eigenvalue weighted by molar-refractivity contribution is 7.87. The van der Waals surface area contributed by atoms with Crippen molar-refractivity contribution in [1.82, 2.24) is 10.6 Å². The molecule has 0 aliphatic carbocycles. The van der Waals surface area contributed by atoms with Crippen molar-refractivity contribution < 1.29 is 27.1 Å². The fourth-order valence-electron chi connectivity index (χ4n) is 2.31. The first-order valence-electron chi connectivity index (χ1n) is 8.76. The standard InChI is InChI=1S/C19H21N3O7S/c1-19(2,3)21-17(23)12-20-18(24)13-7-9-15(10-8-13)29-30(27,28)16-6-4-5-14(11-16)22(25)26/h4-11H,12H2,1-3H3,(H,20,24)(H,21,23). The maximum atomic E-state index is 12.3. The summed E-state index contributed by atoms with van der Waals surface area (Å²) in [6.45, 7) is 5.23. The van der Waals surface area contributed by atoms with E-state index >= 15 is 0 Å². The van der Waals surface area contributed by atoms with E-state index in [4.69, 9.17) is 4.18 Å².